The number of benzene rings is 1. The number of nitrogens with one attached hydrogen (secondary N) is 1. The van der Waals surface area contributed by atoms with Crippen LogP contribution in [0, 0.1) is 0 Å². The number of nitrogens with two attached hydrogens (primary N) is 1. The molecule has 114 valence electrons. The summed E-state index contributed by atoms with van der Waals surface area (Å²) in [5.74, 6) is 0.387. The van der Waals surface area contributed by atoms with E-state index in [0.29, 0.717) is 16.5 Å². The first-order valence-electron chi connectivity index (χ1n) is 6.09. The van der Waals surface area contributed by atoms with Crippen LogP contribution in [0.1, 0.15) is 5.69 Å². The van der Waals surface area contributed by atoms with Gasteiger partial charge in [0.05, 0.1) is 12.8 Å². The highest BCUT2D eigenvalue weighted by atomic mass is 35.5. The number of hydrogen-bond donors (Lipinski definition) is 2. The standard InChI is InChI=1S/C13H16ClN3O3S/c1-17-8-11(6-10(17)7-15)21(18,19)16-12-5-9(14)3-4-13(12)20-2/h3-6,8,16H,7,15H2,1-2H3. The van der Waals surface area contributed by atoms with Crippen molar-refractivity contribution in [2.75, 3.05) is 11.8 Å². The van der Waals surface area contributed by atoms with Crippen molar-refractivity contribution in [3.8, 4) is 5.75 Å². The molecule has 0 aliphatic carbocycles. The van der Waals surface area contributed by atoms with Crippen molar-refractivity contribution in [2.24, 2.45) is 12.8 Å². The second kappa shape index (κ2) is 5.97. The van der Waals surface area contributed by atoms with Crippen molar-refractivity contribution in [3.63, 3.8) is 0 Å². The van der Waals surface area contributed by atoms with Crippen LogP contribution in [0.3, 0.4) is 0 Å². The van der Waals surface area contributed by atoms with E-state index in [2.05, 4.69) is 4.72 Å². The van der Waals surface area contributed by atoms with Crippen LogP contribution < -0.4 is 15.2 Å². The predicted molar refractivity (Wildman–Crippen MR) is 82.1 cm³/mol. The Kier molecular flexibility index (Phi) is 4.46. The second-order valence-corrected chi connectivity index (χ2v) is 6.55. The zero-order valence-corrected chi connectivity index (χ0v) is 13.2. The molecular formula is C13H16ClN3O3S. The molecule has 6 nitrogen and oxygen atoms in total. The Balaban J connectivity index is 2.39. The van der Waals surface area contributed by atoms with E-state index in [1.807, 2.05) is 0 Å². The second-order valence-electron chi connectivity index (χ2n) is 4.43. The number of ether oxygens (including phenoxy) is 1. The van der Waals surface area contributed by atoms with Crippen LogP contribution in [0.5, 0.6) is 5.75 Å². The number of halogens is 1. The van der Waals surface area contributed by atoms with Crippen molar-refractivity contribution in [1.29, 1.82) is 0 Å². The lowest BCUT2D eigenvalue weighted by molar-refractivity contribution is 0.417. The Labute approximate surface area is 128 Å². The molecule has 2 aromatic rings. The average Bonchev–Trinajstić information content (AvgIpc) is 2.81. The Bertz CT molecular complexity index is 756. The topological polar surface area (TPSA) is 86.3 Å². The Morgan fingerprint density at radius 3 is 2.67 bits per heavy atom. The summed E-state index contributed by atoms with van der Waals surface area (Å²) in [4.78, 5) is 0.132. The molecule has 3 N–H and O–H groups in total. The van der Waals surface area contributed by atoms with Gasteiger partial charge in [0.15, 0.2) is 0 Å². The molecule has 1 aromatic heterocycles. The van der Waals surface area contributed by atoms with Crippen LogP contribution in [0.25, 0.3) is 0 Å². The van der Waals surface area contributed by atoms with Crippen LogP contribution in [0.15, 0.2) is 35.4 Å². The molecule has 8 heteroatoms. The molecule has 0 unspecified atom stereocenters. The quantitative estimate of drug-likeness (QED) is 0.877. The third kappa shape index (κ3) is 3.31. The van der Waals surface area contributed by atoms with Crippen molar-refractivity contribution in [1.82, 2.24) is 4.57 Å². The maximum atomic E-state index is 12.4. The molecule has 0 bridgehead atoms. The Hall–Kier alpha value is -1.70. The first-order chi connectivity index (χ1) is 9.87. The molecule has 0 saturated heterocycles. The van der Waals surface area contributed by atoms with Gasteiger partial charge in [-0.2, -0.15) is 0 Å². The number of hydrogen-bond acceptors (Lipinski definition) is 4. The van der Waals surface area contributed by atoms with Gasteiger partial charge >= 0.3 is 0 Å². The summed E-state index contributed by atoms with van der Waals surface area (Å²) in [6.45, 7) is 0.256. The molecule has 0 fully saturated rings. The van der Waals surface area contributed by atoms with Gasteiger partial charge in [-0.3, -0.25) is 4.72 Å². The number of anilines is 1. The number of sulfonamides is 1. The first kappa shape index (κ1) is 15.7. The van der Waals surface area contributed by atoms with Crippen molar-refractivity contribution in [3.05, 3.63) is 41.2 Å². The van der Waals surface area contributed by atoms with Crippen LogP contribution >= 0.6 is 11.6 Å². The molecule has 0 aliphatic heterocycles. The van der Waals surface area contributed by atoms with E-state index in [9.17, 15) is 8.42 Å². The fourth-order valence-electron chi connectivity index (χ4n) is 1.89. The summed E-state index contributed by atoms with van der Waals surface area (Å²) >= 11 is 5.89. The van der Waals surface area contributed by atoms with E-state index < -0.39 is 10.0 Å². The smallest absolute Gasteiger partial charge is 0.263 e. The van der Waals surface area contributed by atoms with Crippen LogP contribution in [-0.4, -0.2) is 20.1 Å². The van der Waals surface area contributed by atoms with E-state index in [4.69, 9.17) is 22.1 Å². The monoisotopic (exact) mass is 329 g/mol. The van der Waals surface area contributed by atoms with Crippen molar-refractivity contribution >= 4 is 27.3 Å². The lowest BCUT2D eigenvalue weighted by Gasteiger charge is -2.11. The zero-order chi connectivity index (χ0) is 15.6. The summed E-state index contributed by atoms with van der Waals surface area (Å²) in [5.41, 5.74) is 6.55. The van der Waals surface area contributed by atoms with Crippen LogP contribution in [-0.2, 0) is 23.6 Å². The molecular weight excluding hydrogens is 314 g/mol. The van der Waals surface area contributed by atoms with E-state index >= 15 is 0 Å². The summed E-state index contributed by atoms with van der Waals surface area (Å²) in [7, 11) is -0.548. The molecule has 0 saturated carbocycles. The molecule has 21 heavy (non-hydrogen) atoms. The van der Waals surface area contributed by atoms with Crippen molar-refractivity contribution in [2.45, 2.75) is 11.4 Å². The molecule has 0 amide bonds. The number of nitrogens with zero attached hydrogens (tertiary/aromatic N) is 1. The predicted octanol–water partition coefficient (Wildman–Crippen LogP) is 1.95. The molecule has 0 radical (unpaired) electrons. The molecule has 0 spiro atoms. The summed E-state index contributed by atoms with van der Waals surface area (Å²) < 4.78 is 34.1. The number of rotatable bonds is 5. The fraction of sp³-hybridized carbons (Fsp3) is 0.231. The molecule has 1 aromatic carbocycles. The van der Waals surface area contributed by atoms with Gasteiger partial charge < -0.3 is 15.0 Å². The van der Waals surface area contributed by atoms with Crippen LogP contribution in [0.4, 0.5) is 5.69 Å². The minimum Gasteiger partial charge on any atom is -0.495 e. The third-order valence-electron chi connectivity index (χ3n) is 3.01. The number of methoxy groups -OCH3 is 1. The maximum Gasteiger partial charge on any atom is 0.263 e. The lowest BCUT2D eigenvalue weighted by atomic mass is 10.3. The fourth-order valence-corrected chi connectivity index (χ4v) is 3.22. The largest absolute Gasteiger partial charge is 0.495 e. The van der Waals surface area contributed by atoms with E-state index in [0.717, 1.165) is 0 Å². The Morgan fingerprint density at radius 1 is 1.38 bits per heavy atom. The lowest BCUT2D eigenvalue weighted by Crippen LogP contribution is -2.13. The van der Waals surface area contributed by atoms with Gasteiger partial charge in [-0.25, -0.2) is 8.42 Å². The van der Waals surface area contributed by atoms with Gasteiger partial charge in [-0.05, 0) is 24.3 Å². The summed E-state index contributed by atoms with van der Waals surface area (Å²) in [6, 6.07) is 6.23. The van der Waals surface area contributed by atoms with Gasteiger partial charge in [-0.15, -0.1) is 0 Å². The van der Waals surface area contributed by atoms with E-state index in [-0.39, 0.29) is 17.1 Å². The molecule has 0 atom stereocenters. The highest BCUT2D eigenvalue weighted by Crippen LogP contribution is 2.30. The highest BCUT2D eigenvalue weighted by Gasteiger charge is 2.19. The number of aromatic nitrogens is 1. The molecule has 0 aliphatic rings. The van der Waals surface area contributed by atoms with Gasteiger partial charge in [0.25, 0.3) is 10.0 Å². The Morgan fingerprint density at radius 2 is 2.10 bits per heavy atom. The summed E-state index contributed by atoms with van der Waals surface area (Å²) in [6.07, 6.45) is 1.50. The van der Waals surface area contributed by atoms with E-state index in [1.165, 1.54) is 25.4 Å². The SMILES string of the molecule is COc1ccc(Cl)cc1NS(=O)(=O)c1cc(CN)n(C)c1. The van der Waals surface area contributed by atoms with Crippen LogP contribution in [0.2, 0.25) is 5.02 Å². The van der Waals surface area contributed by atoms with Gasteiger partial charge in [0.1, 0.15) is 10.6 Å². The van der Waals surface area contributed by atoms with E-state index in [1.54, 1.807) is 23.7 Å². The molecule has 2 rings (SSSR count). The first-order valence-corrected chi connectivity index (χ1v) is 7.95. The average molecular weight is 330 g/mol. The normalized spacial score (nSPS) is 11.4. The zero-order valence-electron chi connectivity index (χ0n) is 11.6. The molecule has 1 heterocycles. The van der Waals surface area contributed by atoms with Gasteiger partial charge in [-0.1, -0.05) is 11.6 Å². The minimum atomic E-state index is -3.74. The minimum absolute atomic E-state index is 0.132. The highest BCUT2D eigenvalue weighted by molar-refractivity contribution is 7.92. The maximum absolute atomic E-state index is 12.4. The van der Waals surface area contributed by atoms with Crippen molar-refractivity contribution < 1.29 is 13.2 Å². The number of aryl methyl sites for hydroxylation is 1. The van der Waals surface area contributed by atoms with Gasteiger partial charge in [0.2, 0.25) is 0 Å². The van der Waals surface area contributed by atoms with Gasteiger partial charge in [0, 0.05) is 30.5 Å². The third-order valence-corrected chi connectivity index (χ3v) is 4.58. The summed E-state index contributed by atoms with van der Waals surface area (Å²) in [5, 5.41) is 0.407.